The maximum Gasteiger partial charge on any atom is 0.335 e. The van der Waals surface area contributed by atoms with Crippen LogP contribution in [0.4, 0.5) is 0 Å². The van der Waals surface area contributed by atoms with Gasteiger partial charge < -0.3 is 14.8 Å². The number of nitrogens with zero attached hydrogens (tertiary/aromatic N) is 4. The maximum absolute atomic E-state index is 13.3. The minimum atomic E-state index is -1.22. The Hall–Kier alpha value is -4.05. The molecule has 2 aromatic heterocycles. The molecule has 0 aliphatic carbocycles. The number of unbranched alkanes of at least 4 members (excludes halogenated alkanes) is 1. The highest BCUT2D eigenvalue weighted by atomic mass is 79.9. The lowest BCUT2D eigenvalue weighted by molar-refractivity contribution is 0.0696. The number of aromatic nitrogens is 3. The van der Waals surface area contributed by atoms with Crippen LogP contribution in [-0.2, 0) is 6.42 Å². The van der Waals surface area contributed by atoms with Crippen LogP contribution in [-0.4, -0.2) is 42.6 Å². The number of carbonyl (C=O) groups is 2. The van der Waals surface area contributed by atoms with Crippen molar-refractivity contribution in [2.45, 2.75) is 40.0 Å². The van der Waals surface area contributed by atoms with Crippen molar-refractivity contribution >= 4 is 45.0 Å². The van der Waals surface area contributed by atoms with Gasteiger partial charge in [-0.3, -0.25) is 4.79 Å². The van der Waals surface area contributed by atoms with Crippen molar-refractivity contribution in [1.29, 1.82) is 0 Å². The van der Waals surface area contributed by atoms with Crippen molar-refractivity contribution < 1.29 is 19.8 Å². The van der Waals surface area contributed by atoms with Gasteiger partial charge in [0.15, 0.2) is 0 Å². The van der Waals surface area contributed by atoms with Crippen LogP contribution < -0.4 is 5.56 Å². The Morgan fingerprint density at radius 3 is 2.35 bits per heavy atom. The van der Waals surface area contributed by atoms with Gasteiger partial charge in [0.25, 0.3) is 5.56 Å². The second-order valence-electron chi connectivity index (χ2n) is 8.70. The van der Waals surface area contributed by atoms with Gasteiger partial charge >= 0.3 is 11.9 Å². The Bertz CT molecular complexity index is 1600. The quantitative estimate of drug-likeness (QED) is 0.283. The summed E-state index contributed by atoms with van der Waals surface area (Å²) in [5.41, 5.74) is 2.63. The molecule has 0 saturated carbocycles. The maximum atomic E-state index is 13.3. The van der Waals surface area contributed by atoms with E-state index in [0.717, 1.165) is 29.1 Å². The number of rotatable bonds is 8. The molecule has 0 radical (unpaired) electrons. The van der Waals surface area contributed by atoms with Crippen LogP contribution in [0, 0.1) is 13.8 Å². The molecule has 2 aromatic carbocycles. The third-order valence-electron chi connectivity index (χ3n) is 6.08. The molecule has 10 heteroatoms. The molecule has 0 fully saturated rings. The fourth-order valence-electron chi connectivity index (χ4n) is 4.23. The predicted molar refractivity (Wildman–Crippen MR) is 144 cm³/mol. The number of fused-ring (bicyclic) bond motifs is 1. The first kappa shape index (κ1) is 26.0. The van der Waals surface area contributed by atoms with Gasteiger partial charge in [0.2, 0.25) is 0 Å². The van der Waals surface area contributed by atoms with Gasteiger partial charge in [-0.1, -0.05) is 29.3 Å². The molecule has 0 atom stereocenters. The average molecular weight is 565 g/mol. The highest BCUT2D eigenvalue weighted by molar-refractivity contribution is 9.10. The number of carboxylic acids is 2. The molecule has 2 N–H and O–H groups in total. The summed E-state index contributed by atoms with van der Waals surface area (Å²) in [6, 6.07) is 11.2. The number of halogens is 1. The predicted octanol–water partition coefficient (Wildman–Crippen LogP) is 5.19. The fraction of sp³-hybridized carbons (Fsp3) is 0.222. The molecule has 190 valence electrons. The van der Waals surface area contributed by atoms with Crippen LogP contribution in [0.3, 0.4) is 0 Å². The summed E-state index contributed by atoms with van der Waals surface area (Å²) >= 11 is 3.41. The second kappa shape index (κ2) is 10.5. The summed E-state index contributed by atoms with van der Waals surface area (Å²) in [7, 11) is 0. The molecule has 0 aliphatic rings. The third-order valence-corrected chi connectivity index (χ3v) is 6.58. The highest BCUT2D eigenvalue weighted by Crippen LogP contribution is 2.23. The second-order valence-corrected chi connectivity index (χ2v) is 9.61. The molecule has 0 spiro atoms. The van der Waals surface area contributed by atoms with Crippen molar-refractivity contribution in [2.24, 2.45) is 5.10 Å². The third kappa shape index (κ3) is 5.24. The highest BCUT2D eigenvalue weighted by Gasteiger charge is 2.16. The molecule has 37 heavy (non-hydrogen) atoms. The smallest absolute Gasteiger partial charge is 0.335 e. The zero-order chi connectivity index (χ0) is 26.9. The van der Waals surface area contributed by atoms with Crippen LogP contribution in [0.25, 0.3) is 16.6 Å². The van der Waals surface area contributed by atoms with E-state index >= 15 is 0 Å². The summed E-state index contributed by atoms with van der Waals surface area (Å²) in [5.74, 6) is -1.88. The van der Waals surface area contributed by atoms with Crippen molar-refractivity contribution in [1.82, 2.24) is 14.2 Å². The van der Waals surface area contributed by atoms with Crippen LogP contribution in [0.15, 0.2) is 56.8 Å². The lowest BCUT2D eigenvalue weighted by Crippen LogP contribution is -2.22. The minimum Gasteiger partial charge on any atom is -0.478 e. The fourth-order valence-corrected chi connectivity index (χ4v) is 4.59. The van der Waals surface area contributed by atoms with E-state index in [0.29, 0.717) is 40.1 Å². The molecule has 0 amide bonds. The van der Waals surface area contributed by atoms with E-state index < -0.39 is 11.9 Å². The Morgan fingerprint density at radius 1 is 1.05 bits per heavy atom. The van der Waals surface area contributed by atoms with Gasteiger partial charge in [-0.2, -0.15) is 9.78 Å². The first-order chi connectivity index (χ1) is 17.6. The Morgan fingerprint density at radius 2 is 1.73 bits per heavy atom. The van der Waals surface area contributed by atoms with E-state index in [4.69, 9.17) is 0 Å². The SMILES string of the molecule is CCCCc1nc2ccc(Br)cc2c(=O)n1N=Cc1cc(C)n(-c2cc(C(=O)O)cc(C(=O)O)c2)c1C. The first-order valence-electron chi connectivity index (χ1n) is 11.7. The van der Waals surface area contributed by atoms with E-state index in [1.807, 2.05) is 26.0 Å². The molecule has 0 unspecified atom stereocenters. The standard InChI is InChI=1S/C27H25BrN4O5/c1-4-5-6-24-30-23-8-7-20(28)13-22(23)25(33)32(24)29-14-19-9-15(2)31(16(19)3)21-11-17(26(34)35)10-18(12-21)27(36)37/h7-14H,4-6H2,1-3H3,(H,34,35)(H,36,37). The zero-order valence-corrected chi connectivity index (χ0v) is 22.1. The van der Waals surface area contributed by atoms with Gasteiger partial charge in [-0.05, 0) is 62.7 Å². The largest absolute Gasteiger partial charge is 0.478 e. The normalized spacial score (nSPS) is 11.5. The number of aromatic carboxylic acids is 2. The van der Waals surface area contributed by atoms with Crippen LogP contribution in [0.1, 0.15) is 63.3 Å². The van der Waals surface area contributed by atoms with Crippen LogP contribution in [0.2, 0.25) is 0 Å². The lowest BCUT2D eigenvalue weighted by atomic mass is 10.1. The van der Waals surface area contributed by atoms with E-state index in [1.165, 1.54) is 16.8 Å². The molecule has 0 aliphatic heterocycles. The number of benzene rings is 2. The van der Waals surface area contributed by atoms with Crippen molar-refractivity contribution in [2.75, 3.05) is 0 Å². The number of aryl methyl sites for hydroxylation is 2. The summed E-state index contributed by atoms with van der Waals surface area (Å²) in [6.45, 7) is 5.71. The van der Waals surface area contributed by atoms with Gasteiger partial charge in [0, 0.05) is 33.5 Å². The van der Waals surface area contributed by atoms with Crippen molar-refractivity contribution in [3.05, 3.63) is 91.2 Å². The monoisotopic (exact) mass is 564 g/mol. The summed E-state index contributed by atoms with van der Waals surface area (Å²) < 4.78 is 3.85. The average Bonchev–Trinajstić information content (AvgIpc) is 3.14. The summed E-state index contributed by atoms with van der Waals surface area (Å²) in [4.78, 5) is 41.2. The molecule has 0 bridgehead atoms. The molecule has 4 rings (SSSR count). The van der Waals surface area contributed by atoms with Gasteiger partial charge in [0.1, 0.15) is 5.82 Å². The van der Waals surface area contributed by atoms with Crippen molar-refractivity contribution in [3.8, 4) is 5.69 Å². The minimum absolute atomic E-state index is 0.127. The Balaban J connectivity index is 1.83. The Kier molecular flexibility index (Phi) is 7.40. The van der Waals surface area contributed by atoms with Crippen molar-refractivity contribution in [3.63, 3.8) is 0 Å². The van der Waals surface area contributed by atoms with Gasteiger partial charge in [-0.25, -0.2) is 14.6 Å². The molecule has 2 heterocycles. The van der Waals surface area contributed by atoms with E-state index in [9.17, 15) is 24.6 Å². The summed E-state index contributed by atoms with van der Waals surface area (Å²) in [5, 5.41) is 23.9. The zero-order valence-electron chi connectivity index (χ0n) is 20.5. The van der Waals surface area contributed by atoms with E-state index in [2.05, 4.69) is 32.9 Å². The van der Waals surface area contributed by atoms with Gasteiger partial charge in [0.05, 0.1) is 28.2 Å². The Labute approximate surface area is 220 Å². The molecule has 9 nitrogen and oxygen atoms in total. The number of hydrogen-bond acceptors (Lipinski definition) is 5. The van der Waals surface area contributed by atoms with Gasteiger partial charge in [-0.15, -0.1) is 0 Å². The number of carboxylic acid groups (broad SMARTS) is 2. The first-order valence-corrected chi connectivity index (χ1v) is 12.5. The number of hydrogen-bond donors (Lipinski definition) is 2. The summed E-state index contributed by atoms with van der Waals surface area (Å²) in [6.07, 6.45) is 3.95. The topological polar surface area (TPSA) is 127 Å². The van der Waals surface area contributed by atoms with Crippen LogP contribution in [0.5, 0.6) is 0 Å². The molecular formula is C27H25BrN4O5. The van der Waals surface area contributed by atoms with E-state index in [-0.39, 0.29) is 16.7 Å². The lowest BCUT2D eigenvalue weighted by Gasteiger charge is -2.12. The van der Waals surface area contributed by atoms with Crippen LogP contribution >= 0.6 is 15.9 Å². The molecular weight excluding hydrogens is 540 g/mol. The van der Waals surface area contributed by atoms with E-state index in [1.54, 1.807) is 22.9 Å². The molecule has 4 aromatic rings. The molecule has 0 saturated heterocycles.